The molecule has 0 unspecified atom stereocenters. The van der Waals surface area contributed by atoms with Crippen molar-refractivity contribution < 1.29 is 23.9 Å². The predicted molar refractivity (Wildman–Crippen MR) is 91.0 cm³/mol. The van der Waals surface area contributed by atoms with E-state index >= 15 is 0 Å². The van der Waals surface area contributed by atoms with Crippen LogP contribution in [-0.2, 0) is 9.31 Å². The highest BCUT2D eigenvalue weighted by atomic mass is 16.7. The molecule has 0 spiro atoms. The summed E-state index contributed by atoms with van der Waals surface area (Å²) in [6.45, 7) is 8.99. The van der Waals surface area contributed by atoms with Gasteiger partial charge in [-0.15, -0.1) is 0 Å². The molecule has 2 aliphatic heterocycles. The summed E-state index contributed by atoms with van der Waals surface area (Å²) in [5.74, 6) is 0.853. The minimum Gasteiger partial charge on any atom is -0.494 e. The van der Waals surface area contributed by atoms with Crippen molar-refractivity contribution in [2.75, 3.05) is 13.2 Å². The van der Waals surface area contributed by atoms with E-state index < -0.39 is 24.4 Å². The fourth-order valence-electron chi connectivity index (χ4n) is 3.10. The molecule has 0 radical (unpaired) electrons. The lowest BCUT2D eigenvalue weighted by Gasteiger charge is -2.32. The smallest absolute Gasteiger partial charge is 0.494 e. The maximum Gasteiger partial charge on any atom is 0.498 e. The highest BCUT2D eigenvalue weighted by Crippen LogP contribution is 2.39. The summed E-state index contributed by atoms with van der Waals surface area (Å²) in [5, 5.41) is 11.3. The van der Waals surface area contributed by atoms with Gasteiger partial charge in [0.1, 0.15) is 5.75 Å². The van der Waals surface area contributed by atoms with Crippen LogP contribution in [0.1, 0.15) is 45.6 Å². The molecule has 1 aromatic carbocycles. The maximum atomic E-state index is 10.8. The predicted octanol–water partition coefficient (Wildman–Crippen LogP) is 2.12. The Balaban J connectivity index is 1.89. The van der Waals surface area contributed by atoms with Crippen molar-refractivity contribution in [3.8, 4) is 5.75 Å². The van der Waals surface area contributed by atoms with E-state index in [4.69, 9.17) is 19.2 Å². The van der Waals surface area contributed by atoms with Gasteiger partial charge in [0.2, 0.25) is 0 Å². The zero-order valence-corrected chi connectivity index (χ0v) is 14.6. The molecule has 24 heavy (non-hydrogen) atoms. The van der Waals surface area contributed by atoms with E-state index in [2.05, 4.69) is 5.32 Å². The van der Waals surface area contributed by atoms with Crippen LogP contribution in [-0.4, -0.2) is 42.7 Å². The standard InChI is InChI=1S/C17H24BNO5/c1-16(2)17(3,4)24-18(23-16)13-7-5-6-12-11(10-19-15(20)21)8-9-22-14(12)13/h5-7,11,19H,8-10H2,1-4H3,(H,20,21)/t11-/m0/s1. The Morgan fingerprint density at radius 2 is 1.96 bits per heavy atom. The van der Waals surface area contributed by atoms with E-state index in [0.717, 1.165) is 23.2 Å². The topological polar surface area (TPSA) is 77.0 Å². The number of carboxylic acid groups (broad SMARTS) is 1. The molecule has 130 valence electrons. The number of hydrogen-bond acceptors (Lipinski definition) is 4. The molecule has 3 rings (SSSR count). The molecule has 0 bridgehead atoms. The zero-order valence-electron chi connectivity index (χ0n) is 14.6. The number of fused-ring (bicyclic) bond motifs is 1. The molecule has 1 aromatic rings. The lowest BCUT2D eigenvalue weighted by molar-refractivity contribution is 0.00578. The first-order valence-corrected chi connectivity index (χ1v) is 8.29. The van der Waals surface area contributed by atoms with E-state index in [0.29, 0.717) is 13.2 Å². The largest absolute Gasteiger partial charge is 0.498 e. The second kappa shape index (κ2) is 5.97. The molecule has 2 aliphatic rings. The van der Waals surface area contributed by atoms with Gasteiger partial charge in [-0.2, -0.15) is 0 Å². The fraction of sp³-hybridized carbons (Fsp3) is 0.588. The van der Waals surface area contributed by atoms with Crippen LogP contribution in [0.25, 0.3) is 0 Å². The number of carbonyl (C=O) groups is 1. The molecule has 1 atom stereocenters. The highest BCUT2D eigenvalue weighted by Gasteiger charge is 2.52. The fourth-order valence-corrected chi connectivity index (χ4v) is 3.10. The van der Waals surface area contributed by atoms with E-state index in [1.165, 1.54) is 0 Å². The molecule has 2 N–H and O–H groups in total. The molecule has 2 heterocycles. The van der Waals surface area contributed by atoms with Crippen LogP contribution in [0.2, 0.25) is 0 Å². The molecule has 7 heteroatoms. The van der Waals surface area contributed by atoms with Crippen molar-refractivity contribution in [2.24, 2.45) is 0 Å². The number of nitrogens with one attached hydrogen (secondary N) is 1. The van der Waals surface area contributed by atoms with Crippen molar-refractivity contribution in [1.82, 2.24) is 5.32 Å². The quantitative estimate of drug-likeness (QED) is 0.829. The number of benzene rings is 1. The summed E-state index contributed by atoms with van der Waals surface area (Å²) in [5.41, 5.74) is 1.03. The van der Waals surface area contributed by atoms with Gasteiger partial charge in [0.25, 0.3) is 0 Å². The van der Waals surface area contributed by atoms with E-state index in [1.54, 1.807) is 0 Å². The van der Waals surface area contributed by atoms with Gasteiger partial charge in [-0.3, -0.25) is 0 Å². The van der Waals surface area contributed by atoms with Gasteiger partial charge in [-0.05, 0) is 39.7 Å². The number of rotatable bonds is 3. The Morgan fingerprint density at radius 3 is 2.58 bits per heavy atom. The van der Waals surface area contributed by atoms with Crippen LogP contribution >= 0.6 is 0 Å². The second-order valence-corrected chi connectivity index (χ2v) is 7.37. The van der Waals surface area contributed by atoms with E-state index in [1.807, 2.05) is 45.9 Å². The van der Waals surface area contributed by atoms with Gasteiger partial charge in [-0.25, -0.2) is 4.79 Å². The molecule has 0 aliphatic carbocycles. The van der Waals surface area contributed by atoms with E-state index in [-0.39, 0.29) is 5.92 Å². The third-order valence-electron chi connectivity index (χ3n) is 5.24. The average molecular weight is 333 g/mol. The molecule has 0 aromatic heterocycles. The molecule has 0 saturated carbocycles. The van der Waals surface area contributed by atoms with Crippen molar-refractivity contribution in [3.63, 3.8) is 0 Å². The second-order valence-electron chi connectivity index (χ2n) is 7.37. The van der Waals surface area contributed by atoms with Crippen LogP contribution in [0.15, 0.2) is 18.2 Å². The SMILES string of the molecule is CC1(C)OB(c2cccc3c2OCC[C@H]3CNC(=O)O)OC1(C)C. The van der Waals surface area contributed by atoms with Crippen LogP contribution in [0.3, 0.4) is 0 Å². The zero-order chi connectivity index (χ0) is 17.5. The molecule has 1 saturated heterocycles. The Labute approximate surface area is 142 Å². The third kappa shape index (κ3) is 2.98. The van der Waals surface area contributed by atoms with Crippen LogP contribution < -0.4 is 15.5 Å². The first-order chi connectivity index (χ1) is 11.2. The Morgan fingerprint density at radius 1 is 1.29 bits per heavy atom. The number of para-hydroxylation sites is 1. The minimum atomic E-state index is -1.01. The monoisotopic (exact) mass is 333 g/mol. The molecule has 6 nitrogen and oxygen atoms in total. The summed E-state index contributed by atoms with van der Waals surface area (Å²) in [6, 6.07) is 5.88. The van der Waals surface area contributed by atoms with Gasteiger partial charge in [0.05, 0.1) is 17.8 Å². The summed E-state index contributed by atoms with van der Waals surface area (Å²) < 4.78 is 18.2. The van der Waals surface area contributed by atoms with Crippen LogP contribution in [0.5, 0.6) is 5.75 Å². The van der Waals surface area contributed by atoms with Crippen LogP contribution in [0.4, 0.5) is 4.79 Å². The van der Waals surface area contributed by atoms with Gasteiger partial charge in [0.15, 0.2) is 0 Å². The van der Waals surface area contributed by atoms with Crippen molar-refractivity contribution >= 4 is 18.7 Å². The van der Waals surface area contributed by atoms with Gasteiger partial charge < -0.3 is 24.5 Å². The Hall–Kier alpha value is -1.73. The van der Waals surface area contributed by atoms with E-state index in [9.17, 15) is 4.79 Å². The molecule has 1 fully saturated rings. The van der Waals surface area contributed by atoms with Crippen LogP contribution in [0, 0.1) is 0 Å². The molecular formula is C17H24BNO5. The Bertz CT molecular complexity index is 630. The maximum absolute atomic E-state index is 10.8. The minimum absolute atomic E-state index is 0.0900. The Kier molecular flexibility index (Phi) is 4.26. The highest BCUT2D eigenvalue weighted by molar-refractivity contribution is 6.63. The lowest BCUT2D eigenvalue weighted by Crippen LogP contribution is -2.41. The third-order valence-corrected chi connectivity index (χ3v) is 5.24. The summed E-state index contributed by atoms with van der Waals surface area (Å²) in [6.07, 6.45) is -0.231. The van der Waals surface area contributed by atoms with Crippen molar-refractivity contribution in [1.29, 1.82) is 0 Å². The number of ether oxygens (including phenoxy) is 1. The van der Waals surface area contributed by atoms with Crippen molar-refractivity contribution in [2.45, 2.75) is 51.2 Å². The van der Waals surface area contributed by atoms with Crippen molar-refractivity contribution in [3.05, 3.63) is 23.8 Å². The summed E-state index contributed by atoms with van der Waals surface area (Å²) in [7, 11) is -0.490. The lowest BCUT2D eigenvalue weighted by atomic mass is 9.75. The number of hydrogen-bond donors (Lipinski definition) is 2. The molecular weight excluding hydrogens is 309 g/mol. The van der Waals surface area contributed by atoms with Gasteiger partial charge in [-0.1, -0.05) is 18.2 Å². The summed E-state index contributed by atoms with van der Waals surface area (Å²) in [4.78, 5) is 10.8. The average Bonchev–Trinajstić information content (AvgIpc) is 2.72. The first kappa shape index (κ1) is 17.1. The normalized spacial score (nSPS) is 24.2. The summed E-state index contributed by atoms with van der Waals surface area (Å²) >= 11 is 0. The van der Waals surface area contributed by atoms with Gasteiger partial charge >= 0.3 is 13.2 Å². The first-order valence-electron chi connectivity index (χ1n) is 8.29. The molecule has 1 amide bonds. The van der Waals surface area contributed by atoms with Gasteiger partial charge in [0, 0.05) is 17.9 Å². The number of amides is 1.